The van der Waals surface area contributed by atoms with Crippen molar-refractivity contribution in [1.29, 1.82) is 0 Å². The van der Waals surface area contributed by atoms with Gasteiger partial charge in [-0.1, -0.05) is 49.7 Å². The zero-order valence-corrected chi connectivity index (χ0v) is 21.5. The summed E-state index contributed by atoms with van der Waals surface area (Å²) in [6.45, 7) is 7.93. The van der Waals surface area contributed by atoms with Gasteiger partial charge in [0, 0.05) is 17.1 Å². The topological polar surface area (TPSA) is 71.4 Å². The molecule has 0 saturated carbocycles. The number of carbonyl (C=O) groups excluding carboxylic acids is 3. The van der Waals surface area contributed by atoms with Crippen LogP contribution in [-0.2, 0) is 9.59 Å². The van der Waals surface area contributed by atoms with Crippen LogP contribution in [0.25, 0.3) is 11.8 Å². The first-order valence-corrected chi connectivity index (χ1v) is 12.4. The average molecular weight is 508 g/mol. The van der Waals surface area contributed by atoms with Gasteiger partial charge >= 0.3 is 0 Å². The molecule has 2 aromatic carbocycles. The number of anilines is 1. The first-order chi connectivity index (χ1) is 16.7. The van der Waals surface area contributed by atoms with Gasteiger partial charge in [0.05, 0.1) is 15.6 Å². The van der Waals surface area contributed by atoms with E-state index >= 15 is 0 Å². The highest BCUT2D eigenvalue weighted by Gasteiger charge is 2.36. The zero-order chi connectivity index (χ0) is 25.3. The van der Waals surface area contributed by atoms with Crippen molar-refractivity contribution in [1.82, 2.24) is 9.47 Å². The highest BCUT2D eigenvalue weighted by Crippen LogP contribution is 2.34. The minimum Gasteiger partial charge on any atom is -0.323 e. The van der Waals surface area contributed by atoms with E-state index in [1.165, 1.54) is 5.56 Å². The Morgan fingerprint density at radius 3 is 2.43 bits per heavy atom. The number of nitrogens with zero attached hydrogens (tertiary/aromatic N) is 2. The number of hydrogen-bond acceptors (Lipinski definition) is 4. The summed E-state index contributed by atoms with van der Waals surface area (Å²) in [4.78, 5) is 39.2. The first kappa shape index (κ1) is 24.8. The largest absolute Gasteiger partial charge is 0.323 e. The molecule has 1 fully saturated rings. The number of rotatable bonds is 6. The zero-order valence-electron chi connectivity index (χ0n) is 20.0. The number of para-hydroxylation sites is 1. The van der Waals surface area contributed by atoms with Crippen molar-refractivity contribution in [2.45, 2.75) is 33.6 Å². The highest BCUT2D eigenvalue weighted by atomic mass is 35.5. The molecule has 1 aliphatic rings. The van der Waals surface area contributed by atoms with Gasteiger partial charge in [0.25, 0.3) is 11.1 Å². The van der Waals surface area contributed by atoms with Gasteiger partial charge in [-0.2, -0.15) is 0 Å². The second-order valence-electron chi connectivity index (χ2n) is 8.70. The van der Waals surface area contributed by atoms with Crippen LogP contribution in [0, 0.1) is 13.8 Å². The van der Waals surface area contributed by atoms with Gasteiger partial charge in [-0.25, -0.2) is 0 Å². The van der Waals surface area contributed by atoms with Crippen LogP contribution in [0.4, 0.5) is 10.5 Å². The monoisotopic (exact) mass is 507 g/mol. The summed E-state index contributed by atoms with van der Waals surface area (Å²) in [6.07, 6.45) is 1.72. The lowest BCUT2D eigenvalue weighted by Crippen LogP contribution is -2.36. The molecule has 3 aromatic rings. The molecule has 0 unspecified atom stereocenters. The Bertz CT molecular complexity index is 1340. The van der Waals surface area contributed by atoms with Crippen LogP contribution in [0.1, 0.15) is 42.3 Å². The van der Waals surface area contributed by atoms with Crippen LogP contribution < -0.4 is 5.32 Å². The van der Waals surface area contributed by atoms with E-state index in [9.17, 15) is 14.4 Å². The normalized spacial score (nSPS) is 14.9. The van der Waals surface area contributed by atoms with Crippen molar-refractivity contribution in [3.63, 3.8) is 0 Å². The third kappa shape index (κ3) is 5.21. The highest BCUT2D eigenvalue weighted by molar-refractivity contribution is 8.18. The number of amides is 3. The summed E-state index contributed by atoms with van der Waals surface area (Å²) >= 11 is 6.91. The lowest BCUT2D eigenvalue weighted by molar-refractivity contribution is -0.127. The van der Waals surface area contributed by atoms with Crippen LogP contribution in [0.5, 0.6) is 0 Å². The Morgan fingerprint density at radius 1 is 1.09 bits per heavy atom. The molecule has 6 nitrogen and oxygen atoms in total. The molecular formula is C27H26ClN3O3S. The predicted molar refractivity (Wildman–Crippen MR) is 142 cm³/mol. The number of hydrogen-bond donors (Lipinski definition) is 1. The Labute approximate surface area is 214 Å². The molecule has 0 spiro atoms. The Hall–Kier alpha value is -3.29. The summed E-state index contributed by atoms with van der Waals surface area (Å²) in [7, 11) is 0. The van der Waals surface area contributed by atoms with Crippen molar-refractivity contribution < 1.29 is 14.4 Å². The Kier molecular flexibility index (Phi) is 7.19. The van der Waals surface area contributed by atoms with Crippen molar-refractivity contribution in [3.05, 3.63) is 87.0 Å². The summed E-state index contributed by atoms with van der Waals surface area (Å²) < 4.78 is 2.12. The molecule has 0 atom stereocenters. The van der Waals surface area contributed by atoms with Crippen LogP contribution in [0.15, 0.2) is 59.5 Å². The summed E-state index contributed by atoms with van der Waals surface area (Å²) in [5.41, 5.74) is 5.56. The van der Waals surface area contributed by atoms with Crippen LogP contribution in [0.2, 0.25) is 5.02 Å². The molecule has 2 heterocycles. The molecule has 4 rings (SSSR count). The van der Waals surface area contributed by atoms with Gasteiger partial charge in [-0.3, -0.25) is 19.3 Å². The minimum absolute atomic E-state index is 0.288. The number of benzene rings is 2. The fourth-order valence-electron chi connectivity index (χ4n) is 4.01. The van der Waals surface area contributed by atoms with Crippen molar-refractivity contribution in [3.8, 4) is 5.69 Å². The van der Waals surface area contributed by atoms with Gasteiger partial charge in [0.2, 0.25) is 5.91 Å². The molecular weight excluding hydrogens is 482 g/mol. The minimum atomic E-state index is -0.496. The molecule has 8 heteroatoms. The van der Waals surface area contributed by atoms with Crippen LogP contribution >= 0.6 is 23.4 Å². The lowest BCUT2D eigenvalue weighted by Gasteiger charge is -2.13. The van der Waals surface area contributed by atoms with E-state index in [-0.39, 0.29) is 11.4 Å². The number of halogens is 1. The molecule has 3 amide bonds. The molecule has 1 N–H and O–H groups in total. The maximum Gasteiger partial charge on any atom is 0.294 e. The van der Waals surface area contributed by atoms with Gasteiger partial charge in [0.15, 0.2) is 0 Å². The molecule has 180 valence electrons. The number of thioether (sulfide) groups is 1. The van der Waals surface area contributed by atoms with E-state index < -0.39 is 17.1 Å². The van der Waals surface area contributed by atoms with Gasteiger partial charge < -0.3 is 9.88 Å². The quantitative estimate of drug-likeness (QED) is 0.384. The molecule has 0 aliphatic carbocycles. The van der Waals surface area contributed by atoms with E-state index in [1.807, 2.05) is 19.9 Å². The molecule has 35 heavy (non-hydrogen) atoms. The molecule has 0 radical (unpaired) electrons. The third-order valence-corrected chi connectivity index (χ3v) is 7.14. The number of imide groups is 1. The number of nitrogens with one attached hydrogen (secondary N) is 1. The molecule has 1 aliphatic heterocycles. The summed E-state index contributed by atoms with van der Waals surface area (Å²) in [5, 5.41) is 2.54. The SMILES string of the molecule is Cc1cc(/C=C2/SC(=O)N(CC(=O)Nc3ccccc3Cl)C2=O)c(C)n1-c1ccc(C(C)C)cc1. The van der Waals surface area contributed by atoms with Crippen molar-refractivity contribution in [2.75, 3.05) is 11.9 Å². The van der Waals surface area contributed by atoms with E-state index in [1.54, 1.807) is 30.3 Å². The van der Waals surface area contributed by atoms with Gasteiger partial charge in [-0.15, -0.1) is 0 Å². The van der Waals surface area contributed by atoms with Crippen LogP contribution in [-0.4, -0.2) is 33.1 Å². The van der Waals surface area contributed by atoms with Crippen molar-refractivity contribution in [2.24, 2.45) is 0 Å². The number of carbonyl (C=O) groups is 3. The summed E-state index contributed by atoms with van der Waals surface area (Å²) in [6, 6.07) is 17.2. The lowest BCUT2D eigenvalue weighted by atomic mass is 10.0. The third-order valence-electron chi connectivity index (χ3n) is 5.90. The van der Waals surface area contributed by atoms with E-state index in [2.05, 4.69) is 48.0 Å². The molecule has 1 aromatic heterocycles. The second kappa shape index (κ2) is 10.1. The first-order valence-electron chi connectivity index (χ1n) is 11.2. The second-order valence-corrected chi connectivity index (χ2v) is 10.1. The van der Waals surface area contributed by atoms with Gasteiger partial charge in [0.1, 0.15) is 6.54 Å². The fraction of sp³-hybridized carbons (Fsp3) is 0.222. The van der Waals surface area contributed by atoms with Crippen LogP contribution in [0.3, 0.4) is 0 Å². The maximum atomic E-state index is 13.0. The van der Waals surface area contributed by atoms with E-state index in [0.717, 1.165) is 39.3 Å². The number of aryl methyl sites for hydroxylation is 1. The standard InChI is InChI=1S/C27H26ClN3O3S/c1-16(2)19-9-11-21(12-10-19)31-17(3)13-20(18(31)4)14-24-26(33)30(27(34)35-24)15-25(32)29-23-8-6-5-7-22(23)28/h5-14,16H,15H2,1-4H3,(H,29,32)/b24-14+. The van der Waals surface area contributed by atoms with E-state index in [4.69, 9.17) is 11.6 Å². The van der Waals surface area contributed by atoms with E-state index in [0.29, 0.717) is 16.6 Å². The number of aromatic nitrogens is 1. The van der Waals surface area contributed by atoms with Crippen molar-refractivity contribution >= 4 is 52.2 Å². The molecule has 0 bridgehead atoms. The maximum absolute atomic E-state index is 13.0. The molecule has 1 saturated heterocycles. The van der Waals surface area contributed by atoms with Gasteiger partial charge in [-0.05, 0) is 79.1 Å². The average Bonchev–Trinajstić information content (AvgIpc) is 3.24. The Balaban J connectivity index is 1.53. The fourth-order valence-corrected chi connectivity index (χ4v) is 5.02. The summed E-state index contributed by atoms with van der Waals surface area (Å²) in [5.74, 6) is -0.529. The Morgan fingerprint density at radius 2 is 1.77 bits per heavy atom. The predicted octanol–water partition coefficient (Wildman–Crippen LogP) is 6.55. The smallest absolute Gasteiger partial charge is 0.294 e.